The lowest BCUT2D eigenvalue weighted by Gasteiger charge is -2.13. The van der Waals surface area contributed by atoms with E-state index >= 15 is 0 Å². The maximum absolute atomic E-state index is 7.65. The van der Waals surface area contributed by atoms with Gasteiger partial charge < -0.3 is 10.6 Å². The highest BCUT2D eigenvalue weighted by Gasteiger charge is 2.01. The van der Waals surface area contributed by atoms with E-state index in [1.54, 1.807) is 11.0 Å². The maximum Gasteiger partial charge on any atom is 0.127 e. The number of nitrogens with two attached hydrogens (primary N) is 1. The van der Waals surface area contributed by atoms with Crippen LogP contribution in [0.3, 0.4) is 0 Å². The van der Waals surface area contributed by atoms with Crippen molar-refractivity contribution in [2.45, 2.75) is 0 Å². The van der Waals surface area contributed by atoms with Gasteiger partial charge >= 0.3 is 0 Å². The molecule has 0 aromatic heterocycles. The van der Waals surface area contributed by atoms with Gasteiger partial charge in [-0.1, -0.05) is 12.1 Å². The summed E-state index contributed by atoms with van der Waals surface area (Å²) in [6.07, 6.45) is 0. The van der Waals surface area contributed by atoms with E-state index in [1.165, 1.54) is 0 Å². The third-order valence-corrected chi connectivity index (χ3v) is 1.61. The van der Waals surface area contributed by atoms with Crippen molar-refractivity contribution in [1.82, 2.24) is 4.90 Å². The van der Waals surface area contributed by atoms with Crippen LogP contribution in [0.25, 0.3) is 0 Å². The van der Waals surface area contributed by atoms with Crippen molar-refractivity contribution in [3.63, 3.8) is 0 Å². The average molecular weight is 163 g/mol. The highest BCUT2D eigenvalue weighted by Crippen LogP contribution is 2.07. The first-order chi connectivity index (χ1) is 5.61. The molecular formula is C9H13N3. The van der Waals surface area contributed by atoms with Gasteiger partial charge in [-0.15, -0.1) is 0 Å². The van der Waals surface area contributed by atoms with E-state index in [-0.39, 0.29) is 0 Å². The number of amidine groups is 1. The van der Waals surface area contributed by atoms with E-state index in [2.05, 4.69) is 0 Å². The van der Waals surface area contributed by atoms with Crippen LogP contribution in [0.15, 0.2) is 24.3 Å². The van der Waals surface area contributed by atoms with Crippen LogP contribution < -0.4 is 5.73 Å². The van der Waals surface area contributed by atoms with Gasteiger partial charge in [-0.05, 0) is 12.1 Å². The maximum atomic E-state index is 7.65. The molecule has 0 unspecified atom stereocenters. The van der Waals surface area contributed by atoms with Crippen molar-refractivity contribution in [1.29, 1.82) is 5.41 Å². The summed E-state index contributed by atoms with van der Waals surface area (Å²) in [6, 6.07) is 7.33. The fourth-order valence-electron chi connectivity index (χ4n) is 0.944. The molecule has 3 heteroatoms. The van der Waals surface area contributed by atoms with Crippen LogP contribution in [-0.4, -0.2) is 24.8 Å². The third-order valence-electron chi connectivity index (χ3n) is 1.61. The number of anilines is 1. The molecule has 3 N–H and O–H groups in total. The molecule has 3 nitrogen and oxygen atoms in total. The van der Waals surface area contributed by atoms with Crippen LogP contribution in [0, 0.1) is 5.41 Å². The molecule has 0 aliphatic rings. The second-order valence-corrected chi connectivity index (χ2v) is 2.87. The van der Waals surface area contributed by atoms with Crippen LogP contribution in [0.5, 0.6) is 0 Å². The second kappa shape index (κ2) is 3.26. The van der Waals surface area contributed by atoms with E-state index in [1.807, 2.05) is 32.3 Å². The summed E-state index contributed by atoms with van der Waals surface area (Å²) in [6.45, 7) is 0. The average Bonchev–Trinajstić information content (AvgIpc) is 2.03. The van der Waals surface area contributed by atoms with Gasteiger partial charge in [-0.25, -0.2) is 0 Å². The van der Waals surface area contributed by atoms with Gasteiger partial charge in [0.2, 0.25) is 0 Å². The molecule has 0 fully saturated rings. The van der Waals surface area contributed by atoms with E-state index < -0.39 is 0 Å². The van der Waals surface area contributed by atoms with Gasteiger partial charge in [0.15, 0.2) is 0 Å². The number of rotatable bonds is 1. The Kier molecular flexibility index (Phi) is 2.33. The molecule has 12 heavy (non-hydrogen) atoms. The predicted octanol–water partition coefficient (Wildman–Crippen LogP) is 1.16. The normalized spacial score (nSPS) is 9.50. The fourth-order valence-corrected chi connectivity index (χ4v) is 0.944. The topological polar surface area (TPSA) is 53.1 Å². The number of hydrogen-bond donors (Lipinski definition) is 2. The zero-order chi connectivity index (χ0) is 9.14. The number of hydrogen-bond acceptors (Lipinski definition) is 2. The van der Waals surface area contributed by atoms with Gasteiger partial charge in [-0.2, -0.15) is 0 Å². The Morgan fingerprint density at radius 3 is 2.58 bits per heavy atom. The summed E-state index contributed by atoms with van der Waals surface area (Å²) < 4.78 is 0. The zero-order valence-electron chi connectivity index (χ0n) is 7.33. The molecule has 1 aromatic carbocycles. The molecule has 0 bridgehead atoms. The van der Waals surface area contributed by atoms with Crippen molar-refractivity contribution < 1.29 is 0 Å². The van der Waals surface area contributed by atoms with E-state index in [9.17, 15) is 0 Å². The predicted molar refractivity (Wildman–Crippen MR) is 51.4 cm³/mol. The van der Waals surface area contributed by atoms with E-state index in [0.29, 0.717) is 11.5 Å². The van der Waals surface area contributed by atoms with Crippen molar-refractivity contribution in [2.24, 2.45) is 0 Å². The second-order valence-electron chi connectivity index (χ2n) is 2.87. The molecule has 64 valence electrons. The summed E-state index contributed by atoms with van der Waals surface area (Å²) >= 11 is 0. The Labute approximate surface area is 72.3 Å². The number of nitrogens with zero attached hydrogens (tertiary/aromatic N) is 1. The van der Waals surface area contributed by atoms with Gasteiger partial charge in [0.1, 0.15) is 5.84 Å². The highest BCUT2D eigenvalue weighted by atomic mass is 15.1. The minimum absolute atomic E-state index is 0.474. The molecule has 0 amide bonds. The van der Waals surface area contributed by atoms with Crippen LogP contribution in [-0.2, 0) is 0 Å². The van der Waals surface area contributed by atoms with Crippen LogP contribution >= 0.6 is 0 Å². The molecule has 0 saturated carbocycles. The van der Waals surface area contributed by atoms with Gasteiger partial charge in [-0.3, -0.25) is 5.41 Å². The molecule has 1 rings (SSSR count). The molecule has 0 heterocycles. The van der Waals surface area contributed by atoms with Crippen molar-refractivity contribution >= 4 is 11.5 Å². The van der Waals surface area contributed by atoms with Gasteiger partial charge in [0.25, 0.3) is 0 Å². The summed E-state index contributed by atoms with van der Waals surface area (Å²) in [5.74, 6) is 0.474. The lowest BCUT2D eigenvalue weighted by molar-refractivity contribution is 0.619. The summed E-state index contributed by atoms with van der Waals surface area (Å²) in [5.41, 5.74) is 7.12. The van der Waals surface area contributed by atoms with Gasteiger partial charge in [0, 0.05) is 25.3 Å². The number of nitrogen functional groups attached to an aromatic ring is 1. The summed E-state index contributed by atoms with van der Waals surface area (Å²) in [5, 5.41) is 7.65. The van der Waals surface area contributed by atoms with Crippen molar-refractivity contribution in [2.75, 3.05) is 19.8 Å². The lowest BCUT2D eigenvalue weighted by Crippen LogP contribution is -2.21. The fraction of sp³-hybridized carbons (Fsp3) is 0.222. The van der Waals surface area contributed by atoms with E-state index in [0.717, 1.165) is 5.56 Å². The minimum Gasteiger partial charge on any atom is -0.399 e. The third kappa shape index (κ3) is 1.75. The Bertz CT molecular complexity index is 292. The molecule has 0 aliphatic heterocycles. The molecule has 0 atom stereocenters. The largest absolute Gasteiger partial charge is 0.399 e. The van der Waals surface area contributed by atoms with E-state index in [4.69, 9.17) is 11.1 Å². The molecule has 1 aromatic rings. The lowest BCUT2D eigenvalue weighted by atomic mass is 10.2. The molecule has 0 aliphatic carbocycles. The Balaban J connectivity index is 2.96. The first kappa shape index (κ1) is 8.59. The minimum atomic E-state index is 0.474. The Hall–Kier alpha value is -1.51. The Morgan fingerprint density at radius 1 is 1.42 bits per heavy atom. The molecule has 0 saturated heterocycles. The van der Waals surface area contributed by atoms with Crippen LogP contribution in [0.4, 0.5) is 5.69 Å². The quantitative estimate of drug-likeness (QED) is 0.371. The summed E-state index contributed by atoms with van der Waals surface area (Å²) in [7, 11) is 3.68. The smallest absolute Gasteiger partial charge is 0.127 e. The first-order valence-corrected chi connectivity index (χ1v) is 3.73. The number of benzene rings is 1. The Morgan fingerprint density at radius 2 is 2.08 bits per heavy atom. The standard InChI is InChI=1S/C9H13N3/c1-12(2)9(11)7-4-3-5-8(10)6-7/h3-6,11H,10H2,1-2H3. The monoisotopic (exact) mass is 163 g/mol. The SMILES string of the molecule is CN(C)C(=N)c1cccc(N)c1. The van der Waals surface area contributed by atoms with Crippen molar-refractivity contribution in [3.8, 4) is 0 Å². The molecule has 0 spiro atoms. The van der Waals surface area contributed by atoms with Crippen molar-refractivity contribution in [3.05, 3.63) is 29.8 Å². The first-order valence-electron chi connectivity index (χ1n) is 3.73. The molecule has 0 radical (unpaired) electrons. The molecular weight excluding hydrogens is 150 g/mol. The van der Waals surface area contributed by atoms with Crippen LogP contribution in [0.2, 0.25) is 0 Å². The van der Waals surface area contributed by atoms with Crippen LogP contribution in [0.1, 0.15) is 5.56 Å². The zero-order valence-corrected chi connectivity index (χ0v) is 7.33. The highest BCUT2D eigenvalue weighted by molar-refractivity contribution is 5.96. The van der Waals surface area contributed by atoms with Gasteiger partial charge in [0.05, 0.1) is 0 Å². The summed E-state index contributed by atoms with van der Waals surface area (Å²) in [4.78, 5) is 1.74. The number of nitrogens with one attached hydrogen (secondary N) is 1.